The molecular weight excluding hydrogens is 352 g/mol. The first kappa shape index (κ1) is 17.4. The summed E-state index contributed by atoms with van der Waals surface area (Å²) in [5, 5.41) is 13.1. The summed E-state index contributed by atoms with van der Waals surface area (Å²) in [6.07, 6.45) is 1.58. The van der Waals surface area contributed by atoms with Crippen LogP contribution in [-0.4, -0.2) is 15.2 Å². The molecule has 2 aromatic heterocycles. The van der Waals surface area contributed by atoms with E-state index in [0.29, 0.717) is 44.3 Å². The van der Waals surface area contributed by atoms with Crippen molar-refractivity contribution in [3.63, 3.8) is 0 Å². The first-order chi connectivity index (χ1) is 13.5. The molecule has 28 heavy (non-hydrogen) atoms. The number of hydrogen-bond donors (Lipinski definition) is 1. The van der Waals surface area contributed by atoms with Crippen molar-refractivity contribution in [2.24, 2.45) is 0 Å². The van der Waals surface area contributed by atoms with E-state index in [-0.39, 0.29) is 11.3 Å². The van der Waals surface area contributed by atoms with E-state index in [4.69, 9.17) is 0 Å². The molecule has 4 rings (SSSR count). The molecule has 0 bridgehead atoms. The number of ketones is 1. The minimum Gasteiger partial charge on any atom is -0.361 e. The van der Waals surface area contributed by atoms with E-state index in [0.717, 1.165) is 0 Å². The lowest BCUT2D eigenvalue weighted by Gasteiger charge is -2.05. The summed E-state index contributed by atoms with van der Waals surface area (Å²) < 4.78 is 1.47. The predicted octanol–water partition coefficient (Wildman–Crippen LogP) is 2.80. The fraction of sp³-hybridized carbons (Fsp3) is 0.0909. The largest absolute Gasteiger partial charge is 0.361 e. The molecule has 0 saturated heterocycles. The van der Waals surface area contributed by atoms with E-state index in [9.17, 15) is 14.9 Å². The molecule has 4 aromatic rings. The van der Waals surface area contributed by atoms with Gasteiger partial charge in [0.25, 0.3) is 5.56 Å². The Morgan fingerprint density at radius 3 is 2.75 bits per heavy atom. The van der Waals surface area contributed by atoms with Gasteiger partial charge in [-0.1, -0.05) is 24.3 Å². The molecule has 0 saturated carbocycles. The molecular formula is C22H16N4O2. The van der Waals surface area contributed by atoms with Crippen LogP contribution in [0.1, 0.15) is 28.4 Å². The van der Waals surface area contributed by atoms with Crippen molar-refractivity contribution in [3.05, 3.63) is 80.8 Å². The third kappa shape index (κ3) is 2.70. The molecule has 0 aliphatic rings. The maximum Gasteiger partial charge on any atom is 0.265 e. The van der Waals surface area contributed by atoms with Crippen molar-refractivity contribution in [2.45, 2.75) is 13.8 Å². The number of carbonyl (C=O) groups is 1. The van der Waals surface area contributed by atoms with E-state index < -0.39 is 0 Å². The number of para-hydroxylation sites is 2. The maximum atomic E-state index is 13.2. The Bertz CT molecular complexity index is 1410. The molecule has 0 fully saturated rings. The predicted molar refractivity (Wildman–Crippen MR) is 108 cm³/mol. The van der Waals surface area contributed by atoms with Gasteiger partial charge in [0.2, 0.25) is 0 Å². The molecule has 0 unspecified atom stereocenters. The van der Waals surface area contributed by atoms with Crippen LogP contribution in [0.5, 0.6) is 0 Å². The smallest absolute Gasteiger partial charge is 0.265 e. The fourth-order valence-electron chi connectivity index (χ4n) is 3.27. The number of nitrogens with one attached hydrogen (secondary N) is 1. The van der Waals surface area contributed by atoms with Crippen molar-refractivity contribution in [1.29, 1.82) is 5.26 Å². The Hall–Kier alpha value is -3.98. The van der Waals surface area contributed by atoms with E-state index in [2.05, 4.69) is 16.4 Å². The van der Waals surface area contributed by atoms with Crippen LogP contribution < -0.4 is 16.1 Å². The number of nitriles is 1. The molecule has 6 nitrogen and oxygen atoms in total. The van der Waals surface area contributed by atoms with Crippen LogP contribution in [0.15, 0.2) is 53.3 Å². The number of anilines is 1. The second-order valence-electron chi connectivity index (χ2n) is 6.52. The molecule has 0 aliphatic carbocycles. The van der Waals surface area contributed by atoms with Crippen molar-refractivity contribution in [2.75, 3.05) is 5.32 Å². The maximum absolute atomic E-state index is 13.2. The summed E-state index contributed by atoms with van der Waals surface area (Å²) in [4.78, 5) is 29.2. The Balaban J connectivity index is 1.97. The minimum absolute atomic E-state index is 0.0394. The molecule has 0 aliphatic heterocycles. The number of carbonyl (C=O) groups excluding carboxylic acids is 1. The lowest BCUT2D eigenvalue weighted by atomic mass is 10.1. The molecule has 2 heterocycles. The molecule has 6 heteroatoms. The molecule has 136 valence electrons. The SMILES string of the molecule is CC(=O)c1cccc(N/C=c2\c(C)c(C#N)c3nc4ccccc4n3c2=O)c1. The highest BCUT2D eigenvalue weighted by molar-refractivity contribution is 5.95. The zero-order valence-electron chi connectivity index (χ0n) is 15.4. The van der Waals surface area contributed by atoms with Gasteiger partial charge in [-0.2, -0.15) is 5.26 Å². The summed E-state index contributed by atoms with van der Waals surface area (Å²) >= 11 is 0. The number of nitrogens with zero attached hydrogens (tertiary/aromatic N) is 3. The fourth-order valence-corrected chi connectivity index (χ4v) is 3.27. The van der Waals surface area contributed by atoms with Crippen LogP contribution in [-0.2, 0) is 0 Å². The van der Waals surface area contributed by atoms with E-state index in [1.807, 2.05) is 18.2 Å². The molecule has 0 spiro atoms. The number of benzene rings is 2. The molecule has 0 amide bonds. The number of fused-ring (bicyclic) bond motifs is 3. The summed E-state index contributed by atoms with van der Waals surface area (Å²) in [5.74, 6) is -0.0394. The van der Waals surface area contributed by atoms with Gasteiger partial charge in [0.1, 0.15) is 6.07 Å². The van der Waals surface area contributed by atoms with Crippen LogP contribution in [0.2, 0.25) is 0 Å². The standard InChI is InChI=1S/C22H16N4O2/c1-13-17(11-23)21-25-19-8-3-4-9-20(19)26(21)22(28)18(13)12-24-16-7-5-6-15(10-16)14(2)27/h3-10,12,24H,1-2H3/b18-12+. The second kappa shape index (κ2) is 6.63. The lowest BCUT2D eigenvalue weighted by molar-refractivity contribution is 0.101. The van der Waals surface area contributed by atoms with Gasteiger partial charge in [0.15, 0.2) is 11.4 Å². The van der Waals surface area contributed by atoms with Gasteiger partial charge in [-0.25, -0.2) is 4.98 Å². The number of rotatable bonds is 3. The van der Waals surface area contributed by atoms with Crippen molar-refractivity contribution >= 4 is 34.4 Å². The number of aromatic nitrogens is 2. The van der Waals surface area contributed by atoms with Crippen LogP contribution >= 0.6 is 0 Å². The van der Waals surface area contributed by atoms with Gasteiger partial charge in [-0.3, -0.25) is 14.0 Å². The van der Waals surface area contributed by atoms with Gasteiger partial charge >= 0.3 is 0 Å². The van der Waals surface area contributed by atoms with Gasteiger partial charge in [0.05, 0.1) is 21.8 Å². The highest BCUT2D eigenvalue weighted by Gasteiger charge is 2.15. The van der Waals surface area contributed by atoms with Gasteiger partial charge in [-0.05, 0) is 43.7 Å². The third-order valence-electron chi connectivity index (χ3n) is 4.76. The number of imidazole rings is 1. The van der Waals surface area contributed by atoms with Crippen LogP contribution in [0.3, 0.4) is 0 Å². The van der Waals surface area contributed by atoms with Crippen molar-refractivity contribution in [3.8, 4) is 6.07 Å². The number of hydrogen-bond acceptors (Lipinski definition) is 5. The highest BCUT2D eigenvalue weighted by Crippen LogP contribution is 2.17. The topological polar surface area (TPSA) is 87.3 Å². The Kier molecular flexibility index (Phi) is 4.13. The summed E-state index contributed by atoms with van der Waals surface area (Å²) in [6, 6.07) is 16.5. The quantitative estimate of drug-likeness (QED) is 0.562. The summed E-state index contributed by atoms with van der Waals surface area (Å²) in [7, 11) is 0. The van der Waals surface area contributed by atoms with Crippen molar-refractivity contribution < 1.29 is 4.79 Å². The first-order valence-corrected chi connectivity index (χ1v) is 8.73. The summed E-state index contributed by atoms with van der Waals surface area (Å²) in [6.45, 7) is 3.23. The molecule has 2 aromatic carbocycles. The lowest BCUT2D eigenvalue weighted by Crippen LogP contribution is -2.34. The zero-order valence-corrected chi connectivity index (χ0v) is 15.4. The van der Waals surface area contributed by atoms with E-state index >= 15 is 0 Å². The Morgan fingerprint density at radius 1 is 1.21 bits per heavy atom. The molecule has 0 radical (unpaired) electrons. The average Bonchev–Trinajstić information content (AvgIpc) is 3.08. The van der Waals surface area contributed by atoms with Crippen LogP contribution in [0.4, 0.5) is 5.69 Å². The highest BCUT2D eigenvalue weighted by atomic mass is 16.1. The van der Waals surface area contributed by atoms with Gasteiger partial charge < -0.3 is 5.32 Å². The molecule has 0 atom stereocenters. The van der Waals surface area contributed by atoms with E-state index in [1.165, 1.54) is 11.3 Å². The van der Waals surface area contributed by atoms with Crippen LogP contribution in [0.25, 0.3) is 22.9 Å². The Labute approximate surface area is 160 Å². The monoisotopic (exact) mass is 368 g/mol. The van der Waals surface area contributed by atoms with Gasteiger partial charge in [0, 0.05) is 17.5 Å². The minimum atomic E-state index is -0.254. The number of Topliss-reactive ketones (excluding diaryl/α,β-unsaturated/α-hetero) is 1. The zero-order chi connectivity index (χ0) is 19.8. The third-order valence-corrected chi connectivity index (χ3v) is 4.76. The second-order valence-corrected chi connectivity index (χ2v) is 6.52. The van der Waals surface area contributed by atoms with Crippen molar-refractivity contribution in [1.82, 2.24) is 9.38 Å². The number of pyridine rings is 1. The molecule has 1 N–H and O–H groups in total. The summed E-state index contributed by atoms with van der Waals surface area (Å²) in [5.41, 5.74) is 3.61. The normalized spacial score (nSPS) is 11.7. The van der Waals surface area contributed by atoms with Crippen LogP contribution in [0, 0.1) is 18.3 Å². The van der Waals surface area contributed by atoms with Gasteiger partial charge in [-0.15, -0.1) is 0 Å². The Morgan fingerprint density at radius 2 is 2.00 bits per heavy atom. The van der Waals surface area contributed by atoms with E-state index in [1.54, 1.807) is 43.5 Å². The average molecular weight is 368 g/mol. The first-order valence-electron chi connectivity index (χ1n) is 8.73.